The lowest BCUT2D eigenvalue weighted by Gasteiger charge is -2.05. The Hall–Kier alpha value is -1.72. The highest BCUT2D eigenvalue weighted by Crippen LogP contribution is 2.26. The number of methoxy groups -OCH3 is 1. The van der Waals surface area contributed by atoms with Gasteiger partial charge in [-0.2, -0.15) is 4.98 Å². The second kappa shape index (κ2) is 5.29. The fraction of sp³-hybridized carbons (Fsp3) is 0.385. The zero-order chi connectivity index (χ0) is 13.1. The van der Waals surface area contributed by atoms with Crippen LogP contribution in [0.5, 0.6) is 0 Å². The first-order valence-corrected chi connectivity index (χ1v) is 5.78. The van der Waals surface area contributed by atoms with Crippen molar-refractivity contribution in [1.82, 2.24) is 10.1 Å². The molecule has 0 saturated carbocycles. The Bertz CT molecular complexity index is 517. The molecule has 1 heterocycles. The second-order valence-corrected chi connectivity index (χ2v) is 4.29. The molecule has 2 aromatic rings. The molecular formula is C13H17N3O2. The van der Waals surface area contributed by atoms with Crippen LogP contribution in [0.1, 0.15) is 23.0 Å². The maximum Gasteiger partial charge on any atom is 0.258 e. The minimum absolute atomic E-state index is 0.364. The fourth-order valence-electron chi connectivity index (χ4n) is 1.89. The molecule has 0 bridgehead atoms. The summed E-state index contributed by atoms with van der Waals surface area (Å²) in [6.07, 6.45) is 0. The molecule has 1 aromatic carbocycles. The van der Waals surface area contributed by atoms with Gasteiger partial charge in [0.2, 0.25) is 0 Å². The number of rotatable bonds is 4. The molecule has 0 spiro atoms. The number of benzene rings is 1. The molecule has 0 amide bonds. The Morgan fingerprint density at radius 2 is 2.00 bits per heavy atom. The largest absolute Gasteiger partial charge is 0.383 e. The van der Waals surface area contributed by atoms with Crippen molar-refractivity contribution in [2.75, 3.05) is 13.7 Å². The molecule has 0 radical (unpaired) electrons. The van der Waals surface area contributed by atoms with Gasteiger partial charge in [0.15, 0.2) is 5.82 Å². The van der Waals surface area contributed by atoms with Crippen molar-refractivity contribution in [3.8, 4) is 11.5 Å². The van der Waals surface area contributed by atoms with E-state index in [1.165, 1.54) is 0 Å². The van der Waals surface area contributed by atoms with E-state index >= 15 is 0 Å². The molecule has 0 aliphatic heterocycles. The van der Waals surface area contributed by atoms with Gasteiger partial charge in [-0.15, -0.1) is 0 Å². The van der Waals surface area contributed by atoms with Crippen LogP contribution in [-0.4, -0.2) is 23.9 Å². The van der Waals surface area contributed by atoms with Gasteiger partial charge in [0, 0.05) is 12.7 Å². The average Bonchev–Trinajstić information content (AvgIpc) is 2.78. The van der Waals surface area contributed by atoms with Crippen LogP contribution in [0, 0.1) is 13.8 Å². The van der Waals surface area contributed by atoms with Gasteiger partial charge in [-0.25, -0.2) is 0 Å². The molecular weight excluding hydrogens is 230 g/mol. The summed E-state index contributed by atoms with van der Waals surface area (Å²) in [7, 11) is 1.59. The number of nitrogens with zero attached hydrogens (tertiary/aromatic N) is 2. The van der Waals surface area contributed by atoms with E-state index in [1.807, 2.05) is 32.0 Å². The van der Waals surface area contributed by atoms with Crippen molar-refractivity contribution < 1.29 is 9.26 Å². The molecule has 1 atom stereocenters. The van der Waals surface area contributed by atoms with E-state index in [0.29, 0.717) is 18.3 Å². The van der Waals surface area contributed by atoms with Gasteiger partial charge in [0.1, 0.15) is 0 Å². The molecule has 2 N–H and O–H groups in total. The van der Waals surface area contributed by atoms with Crippen molar-refractivity contribution in [2.24, 2.45) is 5.73 Å². The van der Waals surface area contributed by atoms with Crippen LogP contribution in [0.4, 0.5) is 0 Å². The Morgan fingerprint density at radius 1 is 1.33 bits per heavy atom. The smallest absolute Gasteiger partial charge is 0.258 e. The first-order valence-electron chi connectivity index (χ1n) is 5.78. The van der Waals surface area contributed by atoms with Crippen molar-refractivity contribution in [3.05, 3.63) is 35.2 Å². The summed E-state index contributed by atoms with van der Waals surface area (Å²) in [6, 6.07) is 5.67. The van der Waals surface area contributed by atoms with Gasteiger partial charge in [-0.1, -0.05) is 23.4 Å². The molecule has 0 fully saturated rings. The number of aromatic nitrogens is 2. The van der Waals surface area contributed by atoms with Crippen molar-refractivity contribution in [2.45, 2.75) is 19.9 Å². The van der Waals surface area contributed by atoms with Gasteiger partial charge in [-0.05, 0) is 25.0 Å². The number of aryl methyl sites for hydroxylation is 2. The average molecular weight is 247 g/mol. The topological polar surface area (TPSA) is 74.2 Å². The van der Waals surface area contributed by atoms with E-state index in [-0.39, 0.29) is 6.04 Å². The van der Waals surface area contributed by atoms with Gasteiger partial charge in [0.05, 0.1) is 12.6 Å². The van der Waals surface area contributed by atoms with Crippen LogP contribution in [0.25, 0.3) is 11.5 Å². The summed E-state index contributed by atoms with van der Waals surface area (Å²) in [6.45, 7) is 4.40. The van der Waals surface area contributed by atoms with Crippen LogP contribution in [-0.2, 0) is 4.74 Å². The van der Waals surface area contributed by atoms with Gasteiger partial charge < -0.3 is 15.0 Å². The van der Waals surface area contributed by atoms with Gasteiger partial charge in [-0.3, -0.25) is 0 Å². The lowest BCUT2D eigenvalue weighted by Crippen LogP contribution is -2.17. The molecule has 5 nitrogen and oxygen atoms in total. The minimum Gasteiger partial charge on any atom is -0.383 e. The van der Waals surface area contributed by atoms with E-state index in [1.54, 1.807) is 7.11 Å². The van der Waals surface area contributed by atoms with Crippen LogP contribution < -0.4 is 5.73 Å². The van der Waals surface area contributed by atoms with Crippen LogP contribution in [0.3, 0.4) is 0 Å². The summed E-state index contributed by atoms with van der Waals surface area (Å²) in [4.78, 5) is 4.34. The zero-order valence-corrected chi connectivity index (χ0v) is 10.8. The van der Waals surface area contributed by atoms with E-state index in [0.717, 1.165) is 16.7 Å². The van der Waals surface area contributed by atoms with Crippen molar-refractivity contribution >= 4 is 0 Å². The Balaban J connectivity index is 2.35. The standard InChI is InChI=1S/C13H17N3O2/c1-8-5-4-6-9(2)11(8)13-15-12(16-18-13)10(14)7-17-3/h4-6,10H,7,14H2,1-3H3. The molecule has 5 heteroatoms. The second-order valence-electron chi connectivity index (χ2n) is 4.29. The number of hydrogen-bond acceptors (Lipinski definition) is 5. The number of nitrogens with two attached hydrogens (primary N) is 1. The third kappa shape index (κ3) is 2.42. The summed E-state index contributed by atoms with van der Waals surface area (Å²) in [5.41, 5.74) is 9.04. The SMILES string of the molecule is COCC(N)c1noc(-c2c(C)cccc2C)n1. The molecule has 96 valence electrons. The molecule has 1 unspecified atom stereocenters. The number of hydrogen-bond donors (Lipinski definition) is 1. The lowest BCUT2D eigenvalue weighted by molar-refractivity contribution is 0.177. The highest BCUT2D eigenvalue weighted by Gasteiger charge is 2.17. The monoisotopic (exact) mass is 247 g/mol. The van der Waals surface area contributed by atoms with E-state index in [4.69, 9.17) is 15.0 Å². The predicted molar refractivity (Wildman–Crippen MR) is 68.0 cm³/mol. The van der Waals surface area contributed by atoms with Crippen LogP contribution in [0.15, 0.2) is 22.7 Å². The lowest BCUT2D eigenvalue weighted by atomic mass is 10.0. The normalized spacial score (nSPS) is 12.7. The third-order valence-electron chi connectivity index (χ3n) is 2.81. The molecule has 0 aliphatic carbocycles. The fourth-order valence-corrected chi connectivity index (χ4v) is 1.89. The van der Waals surface area contributed by atoms with E-state index < -0.39 is 0 Å². The van der Waals surface area contributed by atoms with E-state index in [2.05, 4.69) is 10.1 Å². The first kappa shape index (κ1) is 12.7. The Labute approximate surface area is 106 Å². The van der Waals surface area contributed by atoms with Crippen LogP contribution in [0.2, 0.25) is 0 Å². The highest BCUT2D eigenvalue weighted by molar-refractivity contribution is 5.62. The predicted octanol–water partition coefficient (Wildman–Crippen LogP) is 2.00. The molecule has 18 heavy (non-hydrogen) atoms. The summed E-state index contributed by atoms with van der Waals surface area (Å²) in [5, 5.41) is 3.90. The van der Waals surface area contributed by atoms with Gasteiger partial charge >= 0.3 is 0 Å². The third-order valence-corrected chi connectivity index (χ3v) is 2.81. The highest BCUT2D eigenvalue weighted by atomic mass is 16.5. The van der Waals surface area contributed by atoms with Gasteiger partial charge in [0.25, 0.3) is 5.89 Å². The Kier molecular flexibility index (Phi) is 3.74. The van der Waals surface area contributed by atoms with Crippen LogP contribution >= 0.6 is 0 Å². The maximum absolute atomic E-state index is 5.86. The van der Waals surface area contributed by atoms with E-state index in [9.17, 15) is 0 Å². The van der Waals surface area contributed by atoms with Crippen molar-refractivity contribution in [1.29, 1.82) is 0 Å². The Morgan fingerprint density at radius 3 is 2.61 bits per heavy atom. The summed E-state index contributed by atoms with van der Waals surface area (Å²) < 4.78 is 10.3. The molecule has 2 rings (SSSR count). The summed E-state index contributed by atoms with van der Waals surface area (Å²) in [5.74, 6) is 0.974. The summed E-state index contributed by atoms with van der Waals surface area (Å²) >= 11 is 0. The molecule has 0 aliphatic rings. The number of ether oxygens (including phenoxy) is 1. The molecule has 1 aromatic heterocycles. The zero-order valence-electron chi connectivity index (χ0n) is 10.8. The quantitative estimate of drug-likeness (QED) is 0.894. The minimum atomic E-state index is -0.364. The van der Waals surface area contributed by atoms with Crippen molar-refractivity contribution in [3.63, 3.8) is 0 Å². The maximum atomic E-state index is 5.86. The first-order chi connectivity index (χ1) is 8.63. The molecule has 0 saturated heterocycles.